The van der Waals surface area contributed by atoms with Crippen LogP contribution in [0.2, 0.25) is 0 Å². The molecule has 2 fully saturated rings. The van der Waals surface area contributed by atoms with Gasteiger partial charge in [0.25, 0.3) is 0 Å². The maximum absolute atomic E-state index is 13.5. The summed E-state index contributed by atoms with van der Waals surface area (Å²) in [4.78, 5) is 23.5. The van der Waals surface area contributed by atoms with Crippen molar-refractivity contribution in [1.82, 2.24) is 23.8 Å². The average Bonchev–Trinajstić information content (AvgIpc) is 3.31. The van der Waals surface area contributed by atoms with Gasteiger partial charge in [-0.3, -0.25) is 9.20 Å². The molecule has 0 bridgehead atoms. The Labute approximate surface area is 222 Å². The standard InChI is InChI=1S/C30H26F3N5O/c31-30(32,33)23-10-11-27-25(14-23)35-28(37(27)17-19-12-13-36(16-19)29(39)22-8-9-22)21-6-4-20(5-7-21)26-3-1-2-24-15-34-18-38(24)26/h1-7,10-11,14-15,18-19,22H,8-9,12-13,16-17H2. The molecule has 1 aliphatic carbocycles. The number of carbonyl (C=O) groups is 1. The molecule has 7 rings (SSSR count). The second kappa shape index (κ2) is 8.97. The largest absolute Gasteiger partial charge is 0.416 e. The fourth-order valence-corrected chi connectivity index (χ4v) is 5.71. The van der Waals surface area contributed by atoms with Gasteiger partial charge in [-0.2, -0.15) is 13.2 Å². The number of amides is 1. The molecule has 2 aromatic carbocycles. The minimum Gasteiger partial charge on any atom is -0.342 e. The molecule has 2 aliphatic rings. The van der Waals surface area contributed by atoms with Crippen molar-refractivity contribution in [2.24, 2.45) is 11.8 Å². The van der Waals surface area contributed by atoms with Gasteiger partial charge in [-0.15, -0.1) is 0 Å². The SMILES string of the molecule is O=C(C1CC1)N1CCC(Cn2c(-c3ccc(-c4cccc5cncn45)cc3)nc3cc(C(F)(F)F)ccc32)C1. The van der Waals surface area contributed by atoms with Crippen LogP contribution in [0.3, 0.4) is 0 Å². The van der Waals surface area contributed by atoms with Gasteiger partial charge >= 0.3 is 6.18 Å². The lowest BCUT2D eigenvalue weighted by Crippen LogP contribution is -2.30. The van der Waals surface area contributed by atoms with Crippen LogP contribution in [-0.2, 0) is 17.5 Å². The highest BCUT2D eigenvalue weighted by Crippen LogP contribution is 2.36. The van der Waals surface area contributed by atoms with Gasteiger partial charge < -0.3 is 9.47 Å². The molecule has 0 radical (unpaired) electrons. The van der Waals surface area contributed by atoms with E-state index in [4.69, 9.17) is 4.98 Å². The summed E-state index contributed by atoms with van der Waals surface area (Å²) in [6.07, 6.45) is 1.95. The lowest BCUT2D eigenvalue weighted by Gasteiger charge is -2.18. The molecule has 39 heavy (non-hydrogen) atoms. The lowest BCUT2D eigenvalue weighted by atomic mass is 10.1. The molecular formula is C30H26F3N5O. The molecule has 9 heteroatoms. The smallest absolute Gasteiger partial charge is 0.342 e. The minimum absolute atomic E-state index is 0.181. The highest BCUT2D eigenvalue weighted by Gasteiger charge is 2.37. The zero-order valence-corrected chi connectivity index (χ0v) is 21.1. The van der Waals surface area contributed by atoms with Gasteiger partial charge in [0.05, 0.1) is 40.3 Å². The Morgan fingerprint density at radius 2 is 1.77 bits per heavy atom. The van der Waals surface area contributed by atoms with Crippen molar-refractivity contribution in [3.8, 4) is 22.6 Å². The zero-order chi connectivity index (χ0) is 26.7. The Kier molecular flexibility index (Phi) is 5.50. The van der Waals surface area contributed by atoms with Crippen molar-refractivity contribution in [3.63, 3.8) is 0 Å². The third-order valence-corrected chi connectivity index (χ3v) is 7.93. The van der Waals surface area contributed by atoms with Gasteiger partial charge in [-0.25, -0.2) is 9.97 Å². The topological polar surface area (TPSA) is 55.4 Å². The van der Waals surface area contributed by atoms with E-state index in [-0.39, 0.29) is 17.7 Å². The molecule has 1 amide bonds. The molecular weight excluding hydrogens is 503 g/mol. The third kappa shape index (κ3) is 4.35. The first-order valence-electron chi connectivity index (χ1n) is 13.2. The van der Waals surface area contributed by atoms with Crippen molar-refractivity contribution in [3.05, 3.63) is 78.8 Å². The van der Waals surface area contributed by atoms with Gasteiger partial charge in [-0.05, 0) is 61.1 Å². The van der Waals surface area contributed by atoms with Crippen LogP contribution in [0.1, 0.15) is 24.8 Å². The van der Waals surface area contributed by atoms with Crippen LogP contribution in [0.5, 0.6) is 0 Å². The van der Waals surface area contributed by atoms with Gasteiger partial charge in [0.2, 0.25) is 5.91 Å². The molecule has 5 aromatic rings. The minimum atomic E-state index is -4.44. The second-order valence-electron chi connectivity index (χ2n) is 10.6. The highest BCUT2D eigenvalue weighted by molar-refractivity contribution is 5.82. The van der Waals surface area contributed by atoms with Crippen LogP contribution in [0.25, 0.3) is 39.2 Å². The molecule has 198 valence electrons. The van der Waals surface area contributed by atoms with E-state index in [2.05, 4.69) is 4.98 Å². The van der Waals surface area contributed by atoms with Crippen LogP contribution in [-0.4, -0.2) is 42.8 Å². The molecule has 1 unspecified atom stereocenters. The van der Waals surface area contributed by atoms with E-state index in [0.29, 0.717) is 29.9 Å². The number of rotatable bonds is 5. The van der Waals surface area contributed by atoms with Gasteiger partial charge in [0, 0.05) is 31.1 Å². The van der Waals surface area contributed by atoms with Crippen LogP contribution in [0.15, 0.2) is 73.2 Å². The first-order chi connectivity index (χ1) is 18.8. The van der Waals surface area contributed by atoms with Crippen LogP contribution in [0, 0.1) is 11.8 Å². The maximum Gasteiger partial charge on any atom is 0.416 e. The second-order valence-corrected chi connectivity index (χ2v) is 10.6. The predicted molar refractivity (Wildman–Crippen MR) is 142 cm³/mol. The van der Waals surface area contributed by atoms with Crippen molar-refractivity contribution < 1.29 is 18.0 Å². The number of likely N-dealkylation sites (tertiary alicyclic amines) is 1. The van der Waals surface area contributed by atoms with Crippen LogP contribution < -0.4 is 0 Å². The van der Waals surface area contributed by atoms with E-state index in [1.807, 2.05) is 56.3 Å². The molecule has 6 nitrogen and oxygen atoms in total. The number of nitrogens with zero attached hydrogens (tertiary/aromatic N) is 5. The molecule has 1 saturated carbocycles. The number of halogens is 3. The summed E-state index contributed by atoms with van der Waals surface area (Å²) in [6.45, 7) is 1.99. The summed E-state index contributed by atoms with van der Waals surface area (Å²) < 4.78 is 44.5. The number of fused-ring (bicyclic) bond motifs is 2. The van der Waals surface area contributed by atoms with E-state index in [0.717, 1.165) is 60.3 Å². The third-order valence-electron chi connectivity index (χ3n) is 7.93. The first-order valence-corrected chi connectivity index (χ1v) is 13.2. The van der Waals surface area contributed by atoms with Crippen molar-refractivity contribution >= 4 is 22.5 Å². The summed E-state index contributed by atoms with van der Waals surface area (Å²) in [5, 5.41) is 0. The number of imidazole rings is 2. The Hall–Kier alpha value is -4.14. The van der Waals surface area contributed by atoms with E-state index < -0.39 is 11.7 Å². The Morgan fingerprint density at radius 1 is 0.974 bits per heavy atom. The molecule has 4 heterocycles. The molecule has 0 spiro atoms. The number of pyridine rings is 1. The quantitative estimate of drug-likeness (QED) is 0.269. The normalized spacial score (nSPS) is 17.9. The maximum atomic E-state index is 13.5. The molecule has 3 aromatic heterocycles. The lowest BCUT2D eigenvalue weighted by molar-refractivity contribution is -0.137. The fraction of sp³-hybridized carbons (Fsp3) is 0.300. The fourth-order valence-electron chi connectivity index (χ4n) is 5.71. The first kappa shape index (κ1) is 23.9. The monoisotopic (exact) mass is 529 g/mol. The van der Waals surface area contributed by atoms with Crippen molar-refractivity contribution in [2.75, 3.05) is 13.1 Å². The summed E-state index contributed by atoms with van der Waals surface area (Å²) in [5.74, 6) is 1.26. The molecule has 1 aliphatic heterocycles. The number of hydrogen-bond donors (Lipinski definition) is 0. The number of benzene rings is 2. The summed E-state index contributed by atoms with van der Waals surface area (Å²) in [5.41, 5.74) is 4.07. The van der Waals surface area contributed by atoms with E-state index >= 15 is 0 Å². The molecule has 0 N–H and O–H groups in total. The number of aromatic nitrogens is 4. The zero-order valence-electron chi connectivity index (χ0n) is 21.1. The van der Waals surface area contributed by atoms with E-state index in [9.17, 15) is 18.0 Å². The number of carbonyl (C=O) groups excluding carboxylic acids is 1. The summed E-state index contributed by atoms with van der Waals surface area (Å²) in [6, 6.07) is 17.7. The van der Waals surface area contributed by atoms with E-state index in [1.54, 1.807) is 12.5 Å². The number of alkyl halides is 3. The summed E-state index contributed by atoms with van der Waals surface area (Å²) in [7, 11) is 0. The molecule has 1 saturated heterocycles. The van der Waals surface area contributed by atoms with Crippen LogP contribution in [0.4, 0.5) is 13.2 Å². The Balaban J connectivity index is 1.25. The predicted octanol–water partition coefficient (Wildman–Crippen LogP) is 6.30. The van der Waals surface area contributed by atoms with Gasteiger partial charge in [0.1, 0.15) is 5.82 Å². The van der Waals surface area contributed by atoms with Gasteiger partial charge in [0.15, 0.2) is 0 Å². The Morgan fingerprint density at radius 3 is 2.54 bits per heavy atom. The molecule has 1 atom stereocenters. The average molecular weight is 530 g/mol. The number of hydrogen-bond acceptors (Lipinski definition) is 3. The Bertz CT molecular complexity index is 1700. The highest BCUT2D eigenvalue weighted by atomic mass is 19.4. The van der Waals surface area contributed by atoms with Crippen molar-refractivity contribution in [2.45, 2.75) is 32.0 Å². The van der Waals surface area contributed by atoms with Crippen molar-refractivity contribution in [1.29, 1.82) is 0 Å². The van der Waals surface area contributed by atoms with Gasteiger partial charge in [-0.1, -0.05) is 30.3 Å². The van der Waals surface area contributed by atoms with E-state index in [1.165, 1.54) is 6.07 Å². The summed E-state index contributed by atoms with van der Waals surface area (Å²) >= 11 is 0. The van der Waals surface area contributed by atoms with Crippen LogP contribution >= 0.6 is 0 Å².